The molecule has 0 spiro atoms. The fourth-order valence-corrected chi connectivity index (χ4v) is 4.09. The van der Waals surface area contributed by atoms with Gasteiger partial charge in [0.2, 0.25) is 11.8 Å². The van der Waals surface area contributed by atoms with E-state index in [1.807, 2.05) is 6.07 Å². The second kappa shape index (κ2) is 12.1. The van der Waals surface area contributed by atoms with E-state index >= 15 is 0 Å². The molecule has 2 aromatic carbocycles. The number of furan rings is 1. The van der Waals surface area contributed by atoms with Gasteiger partial charge in [-0.25, -0.2) is 4.39 Å². The van der Waals surface area contributed by atoms with E-state index < -0.39 is 23.7 Å². The van der Waals surface area contributed by atoms with Crippen molar-refractivity contribution in [3.8, 4) is 0 Å². The molecule has 3 amide bonds. The van der Waals surface area contributed by atoms with Gasteiger partial charge in [-0.05, 0) is 48.2 Å². The Morgan fingerprint density at radius 1 is 1.00 bits per heavy atom. The standard InChI is InChI=1S/C27H28FN3O5/c28-21-12-10-19(11-13-21)18-31(24(32)17-30-26(33)23-9-5-15-36-23)25(20-6-2-1-3-7-20)27(34)29-16-22-8-4-14-35-22/h1-3,5-7,9-13,15,22,25H,4,8,14,16-18H2,(H,29,34)(H,30,33)/t22-,25-/m1/s1. The van der Waals surface area contributed by atoms with Crippen molar-refractivity contribution in [1.82, 2.24) is 15.5 Å². The molecular formula is C27H28FN3O5. The predicted molar refractivity (Wildman–Crippen MR) is 129 cm³/mol. The molecule has 3 aromatic rings. The zero-order valence-electron chi connectivity index (χ0n) is 19.7. The molecule has 8 nitrogen and oxygen atoms in total. The first kappa shape index (κ1) is 25.1. The van der Waals surface area contributed by atoms with E-state index in [4.69, 9.17) is 9.15 Å². The lowest BCUT2D eigenvalue weighted by molar-refractivity contribution is -0.141. The SMILES string of the molecule is O=C(NCC(=O)N(Cc1ccc(F)cc1)[C@@H](C(=O)NC[C@H]1CCCO1)c1ccccc1)c1ccco1. The summed E-state index contributed by atoms with van der Waals surface area (Å²) in [5.74, 6) is -1.74. The van der Waals surface area contributed by atoms with Crippen LogP contribution < -0.4 is 10.6 Å². The third kappa shape index (κ3) is 6.57. The molecule has 1 fully saturated rings. The Morgan fingerprint density at radius 2 is 1.78 bits per heavy atom. The van der Waals surface area contributed by atoms with Gasteiger partial charge in [0.15, 0.2) is 5.76 Å². The van der Waals surface area contributed by atoms with Gasteiger partial charge in [0.1, 0.15) is 11.9 Å². The zero-order valence-corrected chi connectivity index (χ0v) is 19.7. The third-order valence-corrected chi connectivity index (χ3v) is 5.93. The first-order valence-corrected chi connectivity index (χ1v) is 11.8. The molecular weight excluding hydrogens is 465 g/mol. The van der Waals surface area contributed by atoms with E-state index in [1.165, 1.54) is 29.4 Å². The number of rotatable bonds is 10. The molecule has 2 heterocycles. The largest absolute Gasteiger partial charge is 0.459 e. The first-order chi connectivity index (χ1) is 17.5. The fraction of sp³-hybridized carbons (Fsp3) is 0.296. The second-order valence-corrected chi connectivity index (χ2v) is 8.50. The molecule has 1 saturated heterocycles. The molecule has 1 aliphatic rings. The summed E-state index contributed by atoms with van der Waals surface area (Å²) in [5.41, 5.74) is 1.24. The number of amides is 3. The van der Waals surface area contributed by atoms with Crippen molar-refractivity contribution in [1.29, 1.82) is 0 Å². The molecule has 36 heavy (non-hydrogen) atoms. The highest BCUT2D eigenvalue weighted by Gasteiger charge is 2.32. The van der Waals surface area contributed by atoms with Crippen LogP contribution in [0.1, 0.15) is 40.6 Å². The van der Waals surface area contributed by atoms with Gasteiger partial charge >= 0.3 is 0 Å². The summed E-state index contributed by atoms with van der Waals surface area (Å²) < 4.78 is 24.2. The van der Waals surface area contributed by atoms with Crippen LogP contribution in [0.2, 0.25) is 0 Å². The molecule has 0 radical (unpaired) electrons. The van der Waals surface area contributed by atoms with Crippen LogP contribution in [0.25, 0.3) is 0 Å². The van der Waals surface area contributed by atoms with Gasteiger partial charge in [-0.3, -0.25) is 14.4 Å². The number of carbonyl (C=O) groups excluding carboxylic acids is 3. The number of hydrogen-bond acceptors (Lipinski definition) is 5. The van der Waals surface area contributed by atoms with E-state index in [0.29, 0.717) is 24.3 Å². The van der Waals surface area contributed by atoms with Crippen LogP contribution in [0.4, 0.5) is 4.39 Å². The molecule has 2 N–H and O–H groups in total. The normalized spacial score (nSPS) is 15.8. The Morgan fingerprint density at radius 3 is 2.44 bits per heavy atom. The van der Waals surface area contributed by atoms with Crippen LogP contribution in [0.5, 0.6) is 0 Å². The van der Waals surface area contributed by atoms with Crippen LogP contribution >= 0.6 is 0 Å². The van der Waals surface area contributed by atoms with E-state index in [1.54, 1.807) is 42.5 Å². The molecule has 1 aliphatic heterocycles. The maximum absolute atomic E-state index is 13.5. The molecule has 188 valence electrons. The van der Waals surface area contributed by atoms with Gasteiger partial charge in [-0.15, -0.1) is 0 Å². The van der Waals surface area contributed by atoms with Crippen LogP contribution in [0.3, 0.4) is 0 Å². The maximum atomic E-state index is 13.5. The van der Waals surface area contributed by atoms with Crippen molar-refractivity contribution < 1.29 is 27.9 Å². The third-order valence-electron chi connectivity index (χ3n) is 5.93. The average Bonchev–Trinajstić information content (AvgIpc) is 3.62. The van der Waals surface area contributed by atoms with Crippen LogP contribution in [-0.4, -0.2) is 48.4 Å². The van der Waals surface area contributed by atoms with Gasteiger partial charge in [0.25, 0.3) is 5.91 Å². The van der Waals surface area contributed by atoms with Gasteiger partial charge < -0.3 is 24.7 Å². The van der Waals surface area contributed by atoms with Crippen LogP contribution in [0.15, 0.2) is 77.4 Å². The van der Waals surface area contributed by atoms with Crippen molar-refractivity contribution in [2.24, 2.45) is 0 Å². The lowest BCUT2D eigenvalue weighted by atomic mass is 10.0. The van der Waals surface area contributed by atoms with E-state index in [9.17, 15) is 18.8 Å². The fourth-order valence-electron chi connectivity index (χ4n) is 4.09. The molecule has 0 aliphatic carbocycles. The lowest BCUT2D eigenvalue weighted by Crippen LogP contribution is -2.48. The summed E-state index contributed by atoms with van der Waals surface area (Å²) in [6.45, 7) is 0.662. The monoisotopic (exact) mass is 493 g/mol. The van der Waals surface area contributed by atoms with Gasteiger partial charge in [0.05, 0.1) is 18.9 Å². The molecule has 0 saturated carbocycles. The van der Waals surface area contributed by atoms with E-state index in [-0.39, 0.29) is 30.9 Å². The highest BCUT2D eigenvalue weighted by molar-refractivity contribution is 5.95. The second-order valence-electron chi connectivity index (χ2n) is 8.50. The van der Waals surface area contributed by atoms with Crippen molar-refractivity contribution in [2.45, 2.75) is 31.5 Å². The number of nitrogens with one attached hydrogen (secondary N) is 2. The summed E-state index contributed by atoms with van der Waals surface area (Å²) in [4.78, 5) is 40.7. The number of halogens is 1. The summed E-state index contributed by atoms with van der Waals surface area (Å²) >= 11 is 0. The Bertz CT molecular complexity index is 1150. The molecule has 1 aromatic heterocycles. The Kier molecular flexibility index (Phi) is 8.46. The summed E-state index contributed by atoms with van der Waals surface area (Å²) in [7, 11) is 0. The number of hydrogen-bond donors (Lipinski definition) is 2. The summed E-state index contributed by atoms with van der Waals surface area (Å²) in [5, 5.41) is 5.47. The van der Waals surface area contributed by atoms with Crippen LogP contribution in [-0.2, 0) is 20.9 Å². The Balaban J connectivity index is 1.58. The number of benzene rings is 2. The molecule has 4 rings (SSSR count). The highest BCUT2D eigenvalue weighted by Crippen LogP contribution is 2.24. The van der Waals surface area contributed by atoms with E-state index in [2.05, 4.69) is 10.6 Å². The highest BCUT2D eigenvalue weighted by atomic mass is 19.1. The minimum atomic E-state index is -0.981. The van der Waals surface area contributed by atoms with Crippen molar-refractivity contribution >= 4 is 17.7 Å². The lowest BCUT2D eigenvalue weighted by Gasteiger charge is -2.32. The smallest absolute Gasteiger partial charge is 0.287 e. The van der Waals surface area contributed by atoms with E-state index in [0.717, 1.165) is 12.8 Å². The number of nitrogens with zero attached hydrogens (tertiary/aromatic N) is 1. The Hall–Kier alpha value is -3.98. The summed E-state index contributed by atoms with van der Waals surface area (Å²) in [6, 6.07) is 16.7. The minimum absolute atomic E-state index is 0.0304. The summed E-state index contributed by atoms with van der Waals surface area (Å²) in [6.07, 6.45) is 3.08. The number of carbonyl (C=O) groups is 3. The average molecular weight is 494 g/mol. The van der Waals surface area contributed by atoms with Gasteiger partial charge in [0, 0.05) is 19.7 Å². The molecule has 2 atom stereocenters. The minimum Gasteiger partial charge on any atom is -0.459 e. The molecule has 0 unspecified atom stereocenters. The van der Waals surface area contributed by atoms with Gasteiger partial charge in [-0.2, -0.15) is 0 Å². The van der Waals surface area contributed by atoms with Crippen LogP contribution in [0, 0.1) is 5.82 Å². The van der Waals surface area contributed by atoms with Gasteiger partial charge in [-0.1, -0.05) is 42.5 Å². The molecule has 0 bridgehead atoms. The zero-order chi connectivity index (χ0) is 25.3. The molecule has 9 heteroatoms. The maximum Gasteiger partial charge on any atom is 0.287 e. The quantitative estimate of drug-likeness (QED) is 0.452. The topological polar surface area (TPSA) is 101 Å². The first-order valence-electron chi connectivity index (χ1n) is 11.8. The van der Waals surface area contributed by atoms with Crippen molar-refractivity contribution in [3.63, 3.8) is 0 Å². The number of ether oxygens (including phenoxy) is 1. The van der Waals surface area contributed by atoms with Crippen molar-refractivity contribution in [2.75, 3.05) is 19.7 Å². The van der Waals surface area contributed by atoms with Crippen molar-refractivity contribution in [3.05, 3.63) is 95.7 Å². The predicted octanol–water partition coefficient (Wildman–Crippen LogP) is 3.21. The Labute approximate surface area is 208 Å².